The molecule has 0 spiro atoms. The van der Waals surface area contributed by atoms with Gasteiger partial charge in [-0.25, -0.2) is 4.98 Å². The zero-order valence-corrected chi connectivity index (χ0v) is 11.8. The predicted molar refractivity (Wildman–Crippen MR) is 78.1 cm³/mol. The van der Waals surface area contributed by atoms with E-state index in [9.17, 15) is 0 Å². The first-order valence-corrected chi connectivity index (χ1v) is 7.52. The first kappa shape index (κ1) is 13.6. The lowest BCUT2D eigenvalue weighted by molar-refractivity contribution is 0.122. The smallest absolute Gasteiger partial charge is 0.132 e. The van der Waals surface area contributed by atoms with Gasteiger partial charge in [-0.05, 0) is 31.7 Å². The Hall–Kier alpha value is -1.33. The highest BCUT2D eigenvalue weighted by molar-refractivity contribution is 5.43. The Morgan fingerprint density at radius 2 is 1.95 bits per heavy atom. The lowest BCUT2D eigenvalue weighted by Crippen LogP contribution is -2.36. The molecular formula is C15H23N3O2. The molecule has 3 rings (SSSR count). The summed E-state index contributed by atoms with van der Waals surface area (Å²) in [5.74, 6) is 1.90. The summed E-state index contributed by atoms with van der Waals surface area (Å²) in [6, 6.07) is 4.34. The summed E-state index contributed by atoms with van der Waals surface area (Å²) < 4.78 is 11.5. The summed E-state index contributed by atoms with van der Waals surface area (Å²) in [5.41, 5.74) is 5.93. The molecule has 1 saturated heterocycles. The van der Waals surface area contributed by atoms with Crippen molar-refractivity contribution in [2.75, 3.05) is 31.2 Å². The van der Waals surface area contributed by atoms with Crippen LogP contribution in [0.25, 0.3) is 0 Å². The van der Waals surface area contributed by atoms with E-state index in [1.807, 2.05) is 18.3 Å². The van der Waals surface area contributed by atoms with Crippen molar-refractivity contribution in [2.45, 2.75) is 37.8 Å². The van der Waals surface area contributed by atoms with Gasteiger partial charge in [0.15, 0.2) is 0 Å². The van der Waals surface area contributed by atoms with Crippen LogP contribution in [-0.4, -0.2) is 43.4 Å². The second-order valence-corrected chi connectivity index (χ2v) is 5.60. The highest BCUT2D eigenvalue weighted by Crippen LogP contribution is 2.25. The molecule has 0 unspecified atom stereocenters. The average Bonchev–Trinajstić information content (AvgIpc) is 2.51. The van der Waals surface area contributed by atoms with Crippen LogP contribution in [0.5, 0.6) is 5.75 Å². The van der Waals surface area contributed by atoms with Crippen LogP contribution in [0.2, 0.25) is 0 Å². The number of morpholine rings is 1. The van der Waals surface area contributed by atoms with E-state index in [1.165, 1.54) is 0 Å². The second-order valence-electron chi connectivity index (χ2n) is 5.60. The number of ether oxygens (including phenoxy) is 2. The monoisotopic (exact) mass is 277 g/mol. The van der Waals surface area contributed by atoms with Gasteiger partial charge in [-0.3, -0.25) is 0 Å². The number of nitrogens with two attached hydrogens (primary N) is 1. The number of rotatable bonds is 3. The van der Waals surface area contributed by atoms with Crippen molar-refractivity contribution in [3.05, 3.63) is 18.3 Å². The molecule has 0 bridgehead atoms. The van der Waals surface area contributed by atoms with Crippen LogP contribution in [0.3, 0.4) is 0 Å². The summed E-state index contributed by atoms with van der Waals surface area (Å²) >= 11 is 0. The van der Waals surface area contributed by atoms with Gasteiger partial charge in [0.25, 0.3) is 0 Å². The first-order valence-electron chi connectivity index (χ1n) is 7.52. The first-order chi connectivity index (χ1) is 9.81. The number of hydrogen-bond donors (Lipinski definition) is 1. The topological polar surface area (TPSA) is 60.6 Å². The van der Waals surface area contributed by atoms with Gasteiger partial charge >= 0.3 is 0 Å². The number of hydrogen-bond acceptors (Lipinski definition) is 5. The van der Waals surface area contributed by atoms with Gasteiger partial charge in [-0.15, -0.1) is 0 Å². The zero-order valence-electron chi connectivity index (χ0n) is 11.8. The molecule has 20 heavy (non-hydrogen) atoms. The van der Waals surface area contributed by atoms with Gasteiger partial charge < -0.3 is 20.1 Å². The molecular weight excluding hydrogens is 254 g/mol. The largest absolute Gasteiger partial charge is 0.490 e. The molecule has 110 valence electrons. The van der Waals surface area contributed by atoms with Crippen molar-refractivity contribution in [3.8, 4) is 5.75 Å². The number of aromatic nitrogens is 1. The zero-order chi connectivity index (χ0) is 13.8. The van der Waals surface area contributed by atoms with Crippen LogP contribution in [0.15, 0.2) is 18.3 Å². The Balaban J connectivity index is 1.62. The summed E-state index contributed by atoms with van der Waals surface area (Å²) in [6.45, 7) is 3.34. The molecule has 2 fully saturated rings. The van der Waals surface area contributed by atoms with Crippen LogP contribution >= 0.6 is 0 Å². The van der Waals surface area contributed by atoms with Crippen LogP contribution in [-0.2, 0) is 4.74 Å². The predicted octanol–water partition coefficient (Wildman–Crippen LogP) is 1.57. The normalized spacial score (nSPS) is 27.4. The van der Waals surface area contributed by atoms with E-state index in [1.54, 1.807) is 0 Å². The van der Waals surface area contributed by atoms with Crippen molar-refractivity contribution < 1.29 is 9.47 Å². The molecule has 0 aromatic carbocycles. The highest BCUT2D eigenvalue weighted by Gasteiger charge is 2.20. The molecule has 1 saturated carbocycles. The molecule has 1 aromatic rings. The molecule has 5 nitrogen and oxygen atoms in total. The van der Waals surface area contributed by atoms with Crippen molar-refractivity contribution in [3.63, 3.8) is 0 Å². The molecule has 2 aliphatic rings. The third-order valence-electron chi connectivity index (χ3n) is 4.07. The van der Waals surface area contributed by atoms with E-state index in [0.717, 1.165) is 63.6 Å². The Bertz CT molecular complexity index is 427. The summed E-state index contributed by atoms with van der Waals surface area (Å²) in [4.78, 5) is 6.68. The average molecular weight is 277 g/mol. The van der Waals surface area contributed by atoms with Gasteiger partial charge in [0.2, 0.25) is 0 Å². The summed E-state index contributed by atoms with van der Waals surface area (Å²) in [7, 11) is 0. The van der Waals surface area contributed by atoms with Crippen molar-refractivity contribution in [1.82, 2.24) is 4.98 Å². The molecule has 1 aliphatic carbocycles. The Labute approximate surface area is 120 Å². The lowest BCUT2D eigenvalue weighted by Gasteiger charge is -2.29. The van der Waals surface area contributed by atoms with Crippen LogP contribution in [0.1, 0.15) is 25.7 Å². The maximum Gasteiger partial charge on any atom is 0.132 e. The Morgan fingerprint density at radius 3 is 2.70 bits per heavy atom. The van der Waals surface area contributed by atoms with Gasteiger partial charge in [0.1, 0.15) is 11.6 Å². The van der Waals surface area contributed by atoms with Crippen LogP contribution < -0.4 is 15.4 Å². The highest BCUT2D eigenvalue weighted by atomic mass is 16.5. The van der Waals surface area contributed by atoms with E-state index in [4.69, 9.17) is 15.2 Å². The molecule has 0 radical (unpaired) electrons. The minimum Gasteiger partial charge on any atom is -0.490 e. The maximum atomic E-state index is 6.08. The van der Waals surface area contributed by atoms with E-state index in [-0.39, 0.29) is 0 Å². The summed E-state index contributed by atoms with van der Waals surface area (Å²) in [5, 5.41) is 0. The minimum absolute atomic E-state index is 0.301. The van der Waals surface area contributed by atoms with E-state index < -0.39 is 0 Å². The van der Waals surface area contributed by atoms with E-state index >= 15 is 0 Å². The summed E-state index contributed by atoms with van der Waals surface area (Å²) in [6.07, 6.45) is 6.36. The molecule has 1 aromatic heterocycles. The third-order valence-corrected chi connectivity index (χ3v) is 4.07. The van der Waals surface area contributed by atoms with Crippen LogP contribution in [0.4, 0.5) is 5.82 Å². The third kappa shape index (κ3) is 3.41. The van der Waals surface area contributed by atoms with E-state index in [0.29, 0.717) is 12.1 Å². The van der Waals surface area contributed by atoms with Gasteiger partial charge in [-0.2, -0.15) is 0 Å². The molecule has 2 N–H and O–H groups in total. The van der Waals surface area contributed by atoms with Gasteiger partial charge in [0, 0.05) is 31.4 Å². The fourth-order valence-electron chi connectivity index (χ4n) is 2.84. The number of nitrogens with zero attached hydrogens (tertiary/aromatic N) is 2. The van der Waals surface area contributed by atoms with Crippen molar-refractivity contribution in [2.24, 2.45) is 5.73 Å². The van der Waals surface area contributed by atoms with Crippen LogP contribution in [0, 0.1) is 0 Å². The van der Waals surface area contributed by atoms with Gasteiger partial charge in [0.05, 0.1) is 19.3 Å². The van der Waals surface area contributed by atoms with Gasteiger partial charge in [-0.1, -0.05) is 0 Å². The molecule has 1 aliphatic heterocycles. The van der Waals surface area contributed by atoms with E-state index in [2.05, 4.69) is 9.88 Å². The van der Waals surface area contributed by atoms with Crippen molar-refractivity contribution in [1.29, 1.82) is 0 Å². The molecule has 0 amide bonds. The Kier molecular flexibility index (Phi) is 4.38. The van der Waals surface area contributed by atoms with Crippen molar-refractivity contribution >= 4 is 5.82 Å². The quantitative estimate of drug-likeness (QED) is 0.908. The SMILES string of the molecule is N[C@H]1CC[C@H](Oc2ccnc(N3CCOCC3)c2)CC1. The molecule has 5 heteroatoms. The Morgan fingerprint density at radius 1 is 1.20 bits per heavy atom. The molecule has 2 heterocycles. The maximum absolute atomic E-state index is 6.08. The minimum atomic E-state index is 0.301. The second kappa shape index (κ2) is 6.41. The number of pyridine rings is 1. The standard InChI is InChI=1S/C15H23N3O2/c16-12-1-3-13(4-2-12)20-14-5-6-17-15(11-14)18-7-9-19-10-8-18/h5-6,11-13H,1-4,7-10,16H2/t12-,13-. The fourth-order valence-corrected chi connectivity index (χ4v) is 2.84. The number of anilines is 1. The fraction of sp³-hybridized carbons (Fsp3) is 0.667. The lowest BCUT2D eigenvalue weighted by atomic mass is 9.94. The molecule has 0 atom stereocenters.